The fraction of sp³-hybridized carbons (Fsp3) is 0.250. The molecule has 6 rings (SSSR count). The summed E-state index contributed by atoms with van der Waals surface area (Å²) in [5, 5.41) is 53.5. The lowest BCUT2D eigenvalue weighted by molar-refractivity contribution is -0.123. The minimum absolute atomic E-state index is 0.147. The molecule has 2 amide bonds. The summed E-state index contributed by atoms with van der Waals surface area (Å²) >= 11 is 0. The Hall–Kier alpha value is -4.61. The normalized spacial score (nSPS) is 20.8. The molecule has 0 spiro atoms. The smallest absolute Gasteiger partial charge is 0.488 e. The van der Waals surface area contributed by atoms with Crippen molar-refractivity contribution in [2.75, 3.05) is 11.5 Å². The molecule has 1 aromatic heterocycles. The van der Waals surface area contributed by atoms with Crippen LogP contribution in [0.3, 0.4) is 0 Å². The Kier molecular flexibility index (Phi) is 8.88. The number of fused-ring (bicyclic) bond motifs is 2. The van der Waals surface area contributed by atoms with Crippen LogP contribution >= 0.6 is 0 Å². The van der Waals surface area contributed by atoms with E-state index in [2.05, 4.69) is 4.98 Å². The van der Waals surface area contributed by atoms with Gasteiger partial charge >= 0.3 is 7.12 Å². The van der Waals surface area contributed by atoms with Crippen molar-refractivity contribution in [3.05, 3.63) is 107 Å². The average molecular weight is 618 g/mol. The highest BCUT2D eigenvalue weighted by Gasteiger charge is 2.54. The van der Waals surface area contributed by atoms with Gasteiger partial charge in [-0.1, -0.05) is 54.1 Å². The van der Waals surface area contributed by atoms with Crippen LogP contribution in [0.25, 0.3) is 22.4 Å². The number of aliphatic hydroxyl groups excluding tert-OH is 2. The predicted octanol–water partition coefficient (Wildman–Crippen LogP) is 3.44. The maximum absolute atomic E-state index is 13.8. The molecular weight excluding hydrogens is 583 g/mol. The number of benzene rings is 3. The molecule has 4 atom stereocenters. The largest absolute Gasteiger partial charge is 0.507 e. The van der Waals surface area contributed by atoms with E-state index in [9.17, 15) is 35.0 Å². The molecule has 0 bridgehead atoms. The van der Waals surface area contributed by atoms with Gasteiger partial charge in [0, 0.05) is 17.5 Å². The number of imide groups is 1. The second-order valence-corrected chi connectivity index (χ2v) is 12.0. The third kappa shape index (κ3) is 5.76. The number of amides is 2. The number of rotatable bonds is 9. The standard InChI is InChI=1S/C36H35BN2O7/c1-21-17-28-34(36(44)39(35(28)43)25-8-6-7-24(19-25)37(45)46)29(20-40)33(21)32(42)15-13-23(30-11-4-5-16-38-30)18-22-12-14-31(41)27-10-3-2-9-26(22)27/h2-12,14,16,18-19,28-29,32,34,40-42,45-46H,13,15,17,20H2,1H3/b23-18-/t28-,29+,32-,34-/m1/s1. The Labute approximate surface area is 266 Å². The lowest BCUT2D eigenvalue weighted by Crippen LogP contribution is -2.39. The third-order valence-corrected chi connectivity index (χ3v) is 9.26. The van der Waals surface area contributed by atoms with Gasteiger partial charge in [-0.15, -0.1) is 0 Å². The van der Waals surface area contributed by atoms with Crippen LogP contribution in [0.4, 0.5) is 5.69 Å². The second kappa shape index (κ2) is 13.0. The van der Waals surface area contributed by atoms with E-state index in [1.54, 1.807) is 24.4 Å². The molecular formula is C36H35BN2O7. The Bertz CT molecular complexity index is 1860. The summed E-state index contributed by atoms with van der Waals surface area (Å²) in [6.45, 7) is 1.41. The van der Waals surface area contributed by atoms with E-state index in [0.29, 0.717) is 12.0 Å². The molecule has 1 saturated heterocycles. The van der Waals surface area contributed by atoms with E-state index in [1.165, 1.54) is 12.1 Å². The summed E-state index contributed by atoms with van der Waals surface area (Å²) in [4.78, 5) is 33.0. The van der Waals surface area contributed by atoms with Crippen molar-refractivity contribution >= 4 is 52.5 Å². The Balaban J connectivity index is 1.29. The number of nitrogens with zero attached hydrogens (tertiary/aromatic N) is 2. The van der Waals surface area contributed by atoms with Crippen molar-refractivity contribution in [2.24, 2.45) is 17.8 Å². The SMILES string of the molecule is CC1=C([C@H](O)CC/C(=C/c2ccc(O)c3ccccc23)c2ccccn2)[C@H](CO)[C@@H]2C(=O)N(c3cccc(B(O)O)c3)C(=O)[C@@H]2C1. The first-order valence-corrected chi connectivity index (χ1v) is 15.3. The van der Waals surface area contributed by atoms with Gasteiger partial charge in [-0.05, 0) is 90.2 Å². The zero-order chi connectivity index (χ0) is 32.5. The third-order valence-electron chi connectivity index (χ3n) is 9.26. The van der Waals surface area contributed by atoms with Crippen LogP contribution in [-0.2, 0) is 9.59 Å². The molecule has 10 heteroatoms. The quantitative estimate of drug-likeness (QED) is 0.109. The van der Waals surface area contributed by atoms with Crippen LogP contribution in [0.1, 0.15) is 37.4 Å². The molecule has 1 fully saturated rings. The van der Waals surface area contributed by atoms with Gasteiger partial charge in [-0.25, -0.2) is 0 Å². The number of carbonyl (C=O) groups is 2. The van der Waals surface area contributed by atoms with Gasteiger partial charge in [0.1, 0.15) is 5.75 Å². The highest BCUT2D eigenvalue weighted by atomic mass is 16.4. The highest BCUT2D eigenvalue weighted by molar-refractivity contribution is 6.58. The number of carbonyl (C=O) groups excluding carboxylic acids is 2. The summed E-state index contributed by atoms with van der Waals surface area (Å²) in [6.07, 6.45) is 3.68. The van der Waals surface area contributed by atoms with Crippen molar-refractivity contribution in [1.29, 1.82) is 0 Å². The fourth-order valence-electron chi connectivity index (χ4n) is 7.09. The Morgan fingerprint density at radius 1 is 1.00 bits per heavy atom. The lowest BCUT2D eigenvalue weighted by Gasteiger charge is -2.35. The van der Waals surface area contributed by atoms with E-state index in [4.69, 9.17) is 0 Å². The lowest BCUT2D eigenvalue weighted by atomic mass is 9.68. The molecule has 1 aliphatic heterocycles. The Morgan fingerprint density at radius 2 is 1.76 bits per heavy atom. The molecule has 0 radical (unpaired) electrons. The van der Waals surface area contributed by atoms with Crippen LogP contribution in [0.2, 0.25) is 0 Å². The second-order valence-electron chi connectivity index (χ2n) is 12.0. The zero-order valence-electron chi connectivity index (χ0n) is 25.3. The highest BCUT2D eigenvalue weighted by Crippen LogP contribution is 2.47. The van der Waals surface area contributed by atoms with Gasteiger partial charge in [-0.2, -0.15) is 0 Å². The summed E-state index contributed by atoms with van der Waals surface area (Å²) in [7, 11) is -1.76. The minimum Gasteiger partial charge on any atom is -0.507 e. The number of aromatic hydroxyl groups is 1. The number of aliphatic hydroxyl groups is 2. The molecule has 0 saturated carbocycles. The van der Waals surface area contributed by atoms with E-state index in [-0.39, 0.29) is 29.7 Å². The number of pyridine rings is 1. The minimum atomic E-state index is -1.76. The first-order chi connectivity index (χ1) is 22.2. The number of phenolic OH excluding ortho intramolecular Hbond substituents is 1. The van der Waals surface area contributed by atoms with Crippen molar-refractivity contribution in [3.63, 3.8) is 0 Å². The maximum Gasteiger partial charge on any atom is 0.488 e. The van der Waals surface area contributed by atoms with E-state index < -0.39 is 49.4 Å². The van der Waals surface area contributed by atoms with Crippen LogP contribution in [0.15, 0.2) is 96.2 Å². The number of hydrogen-bond donors (Lipinski definition) is 5. The van der Waals surface area contributed by atoms with Gasteiger partial charge in [0.05, 0.1) is 35.9 Å². The van der Waals surface area contributed by atoms with Gasteiger partial charge < -0.3 is 25.4 Å². The molecule has 2 heterocycles. The zero-order valence-corrected chi connectivity index (χ0v) is 25.3. The predicted molar refractivity (Wildman–Crippen MR) is 177 cm³/mol. The van der Waals surface area contributed by atoms with Crippen LogP contribution < -0.4 is 10.4 Å². The van der Waals surface area contributed by atoms with Crippen molar-refractivity contribution < 1.29 is 35.0 Å². The number of anilines is 1. The summed E-state index contributed by atoms with van der Waals surface area (Å²) < 4.78 is 0. The van der Waals surface area contributed by atoms with Crippen molar-refractivity contribution in [3.8, 4) is 5.75 Å². The molecule has 234 valence electrons. The van der Waals surface area contributed by atoms with E-state index in [0.717, 1.165) is 38.1 Å². The van der Waals surface area contributed by atoms with Gasteiger partial charge in [-0.3, -0.25) is 19.5 Å². The number of allylic oxidation sites excluding steroid dienone is 2. The molecule has 9 nitrogen and oxygen atoms in total. The van der Waals surface area contributed by atoms with E-state index in [1.807, 2.05) is 61.5 Å². The van der Waals surface area contributed by atoms with Gasteiger partial charge in [0.15, 0.2) is 0 Å². The first kappa shape index (κ1) is 31.4. The first-order valence-electron chi connectivity index (χ1n) is 15.3. The maximum atomic E-state index is 13.8. The molecule has 0 unspecified atom stereocenters. The number of phenols is 1. The fourth-order valence-corrected chi connectivity index (χ4v) is 7.09. The summed E-state index contributed by atoms with van der Waals surface area (Å²) in [5.41, 5.74) is 4.22. The monoisotopic (exact) mass is 618 g/mol. The summed E-state index contributed by atoms with van der Waals surface area (Å²) in [6, 6.07) is 22.7. The van der Waals surface area contributed by atoms with Crippen LogP contribution in [0, 0.1) is 17.8 Å². The van der Waals surface area contributed by atoms with Crippen molar-refractivity contribution in [1.82, 2.24) is 4.98 Å². The Morgan fingerprint density at radius 3 is 2.48 bits per heavy atom. The molecule has 4 aromatic rings. The molecule has 3 aromatic carbocycles. The molecule has 1 aliphatic carbocycles. The molecule has 46 heavy (non-hydrogen) atoms. The van der Waals surface area contributed by atoms with Crippen LogP contribution in [-0.4, -0.2) is 62.0 Å². The average Bonchev–Trinajstić information content (AvgIpc) is 3.32. The molecule has 2 aliphatic rings. The summed E-state index contributed by atoms with van der Waals surface area (Å²) in [5.74, 6) is -3.02. The van der Waals surface area contributed by atoms with Gasteiger partial charge in [0.25, 0.3) is 0 Å². The topological polar surface area (TPSA) is 151 Å². The van der Waals surface area contributed by atoms with Gasteiger partial charge in [0.2, 0.25) is 11.8 Å². The van der Waals surface area contributed by atoms with Crippen LogP contribution in [0.5, 0.6) is 5.75 Å². The number of aromatic nitrogens is 1. The molecule has 5 N–H and O–H groups in total. The van der Waals surface area contributed by atoms with Crippen molar-refractivity contribution in [2.45, 2.75) is 32.3 Å². The number of hydrogen-bond acceptors (Lipinski definition) is 8. The van der Waals surface area contributed by atoms with E-state index >= 15 is 0 Å².